The highest BCUT2D eigenvalue weighted by Gasteiger charge is 2.19. The zero-order chi connectivity index (χ0) is 15.2. The van der Waals surface area contributed by atoms with Crippen molar-refractivity contribution in [1.82, 2.24) is 4.90 Å². The van der Waals surface area contributed by atoms with Gasteiger partial charge in [-0.15, -0.1) is 11.3 Å². The van der Waals surface area contributed by atoms with Crippen LogP contribution in [0.5, 0.6) is 0 Å². The van der Waals surface area contributed by atoms with Gasteiger partial charge in [-0.05, 0) is 37.5 Å². The predicted molar refractivity (Wildman–Crippen MR) is 84.7 cm³/mol. The standard InChI is InChI=1S/C16H21NO3S/c1-12-11-14(21-13(12)7-8-15(18)19)16(20)17-9-5-3-2-4-6-10-17/h7-8,11H,2-6,9-10H2,1H3,(H,18,19)/b8-7+. The Balaban J connectivity index is 2.11. The van der Waals surface area contributed by atoms with Crippen molar-refractivity contribution in [2.45, 2.75) is 39.0 Å². The lowest BCUT2D eigenvalue weighted by Gasteiger charge is -2.24. The van der Waals surface area contributed by atoms with Gasteiger partial charge >= 0.3 is 5.97 Å². The van der Waals surface area contributed by atoms with Gasteiger partial charge in [0.05, 0.1) is 4.88 Å². The van der Waals surface area contributed by atoms with Gasteiger partial charge in [-0.3, -0.25) is 4.79 Å². The maximum atomic E-state index is 12.6. The molecule has 1 saturated heterocycles. The number of amides is 1. The monoisotopic (exact) mass is 307 g/mol. The van der Waals surface area contributed by atoms with E-state index in [0.717, 1.165) is 42.4 Å². The van der Waals surface area contributed by atoms with Gasteiger partial charge in [0.1, 0.15) is 0 Å². The minimum atomic E-state index is -0.973. The zero-order valence-corrected chi connectivity index (χ0v) is 13.1. The number of carboxylic acid groups (broad SMARTS) is 1. The second-order valence-corrected chi connectivity index (χ2v) is 6.47. The highest BCUT2D eigenvalue weighted by molar-refractivity contribution is 7.15. The number of hydrogen-bond donors (Lipinski definition) is 1. The molecule has 1 aliphatic rings. The zero-order valence-electron chi connectivity index (χ0n) is 12.3. The normalized spacial score (nSPS) is 16.7. The third-order valence-corrected chi connectivity index (χ3v) is 4.88. The summed E-state index contributed by atoms with van der Waals surface area (Å²) in [6.07, 6.45) is 8.48. The first-order chi connectivity index (χ1) is 10.1. The Bertz CT molecular complexity index is 540. The molecule has 0 radical (unpaired) electrons. The molecule has 1 aliphatic heterocycles. The Morgan fingerprint density at radius 1 is 1.19 bits per heavy atom. The molecule has 2 rings (SSSR count). The summed E-state index contributed by atoms with van der Waals surface area (Å²) in [5.41, 5.74) is 0.952. The van der Waals surface area contributed by atoms with Gasteiger partial charge in [-0.1, -0.05) is 19.3 Å². The molecule has 1 aromatic rings. The topological polar surface area (TPSA) is 57.6 Å². The van der Waals surface area contributed by atoms with Crippen LogP contribution in [-0.2, 0) is 4.79 Å². The van der Waals surface area contributed by atoms with E-state index in [4.69, 9.17) is 5.11 Å². The van der Waals surface area contributed by atoms with E-state index < -0.39 is 5.97 Å². The molecule has 5 heteroatoms. The quantitative estimate of drug-likeness (QED) is 0.869. The fourth-order valence-corrected chi connectivity index (χ4v) is 3.57. The number of rotatable bonds is 3. The van der Waals surface area contributed by atoms with Crippen LogP contribution in [0.15, 0.2) is 12.1 Å². The Hall–Kier alpha value is -1.62. The Morgan fingerprint density at radius 3 is 2.43 bits per heavy atom. The van der Waals surface area contributed by atoms with Crippen LogP contribution in [0.3, 0.4) is 0 Å². The first-order valence-corrected chi connectivity index (χ1v) is 8.20. The molecule has 1 N–H and O–H groups in total. The van der Waals surface area contributed by atoms with Crippen molar-refractivity contribution in [2.24, 2.45) is 0 Å². The van der Waals surface area contributed by atoms with Gasteiger partial charge in [0.2, 0.25) is 0 Å². The van der Waals surface area contributed by atoms with E-state index >= 15 is 0 Å². The number of carbonyl (C=O) groups excluding carboxylic acids is 1. The van der Waals surface area contributed by atoms with Crippen molar-refractivity contribution in [3.63, 3.8) is 0 Å². The number of carbonyl (C=O) groups is 2. The molecule has 0 saturated carbocycles. The second kappa shape index (κ2) is 7.41. The van der Waals surface area contributed by atoms with Crippen LogP contribution < -0.4 is 0 Å². The summed E-state index contributed by atoms with van der Waals surface area (Å²) in [5.74, 6) is -0.889. The number of hydrogen-bond acceptors (Lipinski definition) is 3. The number of carboxylic acids is 1. The molecule has 1 amide bonds. The van der Waals surface area contributed by atoms with Gasteiger partial charge in [0.15, 0.2) is 0 Å². The average molecular weight is 307 g/mol. The first-order valence-electron chi connectivity index (χ1n) is 7.38. The molecule has 0 bridgehead atoms. The lowest BCUT2D eigenvalue weighted by atomic mass is 10.1. The summed E-state index contributed by atoms with van der Waals surface area (Å²) < 4.78 is 0. The molecular formula is C16H21NO3S. The maximum Gasteiger partial charge on any atom is 0.328 e. The molecule has 114 valence electrons. The van der Waals surface area contributed by atoms with Crippen molar-refractivity contribution in [2.75, 3.05) is 13.1 Å². The number of aryl methyl sites for hydroxylation is 1. The van der Waals surface area contributed by atoms with E-state index in [1.807, 2.05) is 17.9 Å². The lowest BCUT2D eigenvalue weighted by molar-refractivity contribution is -0.131. The van der Waals surface area contributed by atoms with E-state index in [9.17, 15) is 9.59 Å². The molecule has 1 fully saturated rings. The van der Waals surface area contributed by atoms with Gasteiger partial charge in [-0.2, -0.15) is 0 Å². The largest absolute Gasteiger partial charge is 0.478 e. The highest BCUT2D eigenvalue weighted by atomic mass is 32.1. The summed E-state index contributed by atoms with van der Waals surface area (Å²) >= 11 is 1.37. The summed E-state index contributed by atoms with van der Waals surface area (Å²) in [5, 5.41) is 8.69. The van der Waals surface area contributed by atoms with Crippen molar-refractivity contribution in [3.05, 3.63) is 27.5 Å². The minimum Gasteiger partial charge on any atom is -0.478 e. The molecule has 0 aliphatic carbocycles. The van der Waals surface area contributed by atoms with Gasteiger partial charge in [-0.25, -0.2) is 4.79 Å². The summed E-state index contributed by atoms with van der Waals surface area (Å²) in [4.78, 5) is 26.6. The van der Waals surface area contributed by atoms with Crippen LogP contribution in [0, 0.1) is 6.92 Å². The van der Waals surface area contributed by atoms with Crippen LogP contribution >= 0.6 is 11.3 Å². The second-order valence-electron chi connectivity index (χ2n) is 5.39. The molecule has 0 atom stereocenters. The summed E-state index contributed by atoms with van der Waals surface area (Å²) in [7, 11) is 0. The smallest absolute Gasteiger partial charge is 0.328 e. The number of nitrogens with zero attached hydrogens (tertiary/aromatic N) is 1. The Kier molecular flexibility index (Phi) is 5.56. The van der Waals surface area contributed by atoms with Gasteiger partial charge < -0.3 is 10.0 Å². The molecule has 1 aromatic heterocycles. The molecule has 21 heavy (non-hydrogen) atoms. The summed E-state index contributed by atoms with van der Waals surface area (Å²) in [6.45, 7) is 3.56. The number of aliphatic carboxylic acids is 1. The first kappa shape index (κ1) is 15.8. The van der Waals surface area contributed by atoms with Gasteiger partial charge in [0.25, 0.3) is 5.91 Å². The van der Waals surface area contributed by atoms with Crippen LogP contribution in [0.25, 0.3) is 6.08 Å². The van der Waals surface area contributed by atoms with E-state index in [1.54, 1.807) is 6.08 Å². The van der Waals surface area contributed by atoms with Crippen molar-refractivity contribution < 1.29 is 14.7 Å². The van der Waals surface area contributed by atoms with E-state index in [-0.39, 0.29) is 5.91 Å². The number of thiophene rings is 1. The van der Waals surface area contributed by atoms with Gasteiger partial charge in [0, 0.05) is 24.0 Å². The minimum absolute atomic E-state index is 0.0833. The average Bonchev–Trinajstić information content (AvgIpc) is 2.77. The van der Waals surface area contributed by atoms with E-state index in [1.165, 1.54) is 30.6 Å². The van der Waals surface area contributed by atoms with Crippen LogP contribution in [0.2, 0.25) is 0 Å². The number of likely N-dealkylation sites (tertiary alicyclic amines) is 1. The maximum absolute atomic E-state index is 12.6. The third-order valence-electron chi connectivity index (χ3n) is 3.69. The fourth-order valence-electron chi connectivity index (χ4n) is 2.52. The van der Waals surface area contributed by atoms with Crippen molar-refractivity contribution in [1.29, 1.82) is 0 Å². The summed E-state index contributed by atoms with van der Waals surface area (Å²) in [6, 6.07) is 1.87. The Morgan fingerprint density at radius 2 is 1.81 bits per heavy atom. The molecule has 0 unspecified atom stereocenters. The SMILES string of the molecule is Cc1cc(C(=O)N2CCCCCCC2)sc1/C=C/C(=O)O. The Labute approximate surface area is 129 Å². The molecule has 4 nitrogen and oxygen atoms in total. The fraction of sp³-hybridized carbons (Fsp3) is 0.500. The highest BCUT2D eigenvalue weighted by Crippen LogP contribution is 2.25. The van der Waals surface area contributed by atoms with Crippen LogP contribution in [0.4, 0.5) is 0 Å². The molecule has 2 heterocycles. The molecular weight excluding hydrogens is 286 g/mol. The lowest BCUT2D eigenvalue weighted by Crippen LogP contribution is -2.33. The third kappa shape index (κ3) is 4.43. The molecule has 0 aromatic carbocycles. The van der Waals surface area contributed by atoms with Crippen molar-refractivity contribution in [3.8, 4) is 0 Å². The van der Waals surface area contributed by atoms with Crippen LogP contribution in [0.1, 0.15) is 52.2 Å². The predicted octanol–water partition coefficient (Wildman–Crippen LogP) is 3.56. The van der Waals surface area contributed by atoms with Crippen LogP contribution in [-0.4, -0.2) is 35.0 Å². The van der Waals surface area contributed by atoms with E-state index in [0.29, 0.717) is 4.88 Å². The molecule has 0 spiro atoms. The van der Waals surface area contributed by atoms with E-state index in [2.05, 4.69) is 0 Å². The van der Waals surface area contributed by atoms with Crippen molar-refractivity contribution >= 4 is 29.3 Å².